The Morgan fingerprint density at radius 1 is 1.57 bits per heavy atom. The van der Waals surface area contributed by atoms with Crippen LogP contribution in [0.4, 0.5) is 0 Å². The largest absolute Gasteiger partial charge is 0.339 e. The van der Waals surface area contributed by atoms with Crippen LogP contribution in [0, 0.1) is 11.3 Å². The van der Waals surface area contributed by atoms with E-state index in [9.17, 15) is 4.79 Å². The van der Waals surface area contributed by atoms with Gasteiger partial charge >= 0.3 is 0 Å². The smallest absolute Gasteiger partial charge is 0.241 e. The Hall–Kier alpha value is -0.570. The lowest BCUT2D eigenvalue weighted by Crippen LogP contribution is -2.62. The van der Waals surface area contributed by atoms with Gasteiger partial charge in [0.25, 0.3) is 0 Å². The number of carbonyl (C=O) groups is 1. The minimum Gasteiger partial charge on any atom is -0.339 e. The van der Waals surface area contributed by atoms with Crippen LogP contribution in [0.5, 0.6) is 0 Å². The van der Waals surface area contributed by atoms with E-state index in [2.05, 4.69) is 13.8 Å². The van der Waals surface area contributed by atoms with E-state index in [0.717, 1.165) is 13.1 Å². The second kappa shape index (κ2) is 3.23. The number of nitrogens with two attached hydrogens (primary N) is 1. The highest BCUT2D eigenvalue weighted by Crippen LogP contribution is 2.43. The van der Waals surface area contributed by atoms with Crippen molar-refractivity contribution in [2.24, 2.45) is 17.1 Å². The topological polar surface area (TPSA) is 46.3 Å². The summed E-state index contributed by atoms with van der Waals surface area (Å²) in [6.07, 6.45) is 3.88. The van der Waals surface area contributed by atoms with Crippen LogP contribution in [-0.2, 0) is 4.79 Å². The SMILES string of the molecule is CC1(C)CCCC1CN1CC(N)C1=O. The number of hydrogen-bond acceptors (Lipinski definition) is 2. The van der Waals surface area contributed by atoms with E-state index in [4.69, 9.17) is 5.73 Å². The highest BCUT2D eigenvalue weighted by atomic mass is 16.2. The van der Waals surface area contributed by atoms with Gasteiger partial charge in [-0.25, -0.2) is 0 Å². The fourth-order valence-electron chi connectivity index (χ4n) is 2.70. The van der Waals surface area contributed by atoms with E-state index in [1.54, 1.807) is 0 Å². The molecule has 14 heavy (non-hydrogen) atoms. The van der Waals surface area contributed by atoms with Crippen LogP contribution in [0.3, 0.4) is 0 Å². The molecule has 3 nitrogen and oxygen atoms in total. The van der Waals surface area contributed by atoms with Crippen LogP contribution in [0.2, 0.25) is 0 Å². The summed E-state index contributed by atoms with van der Waals surface area (Å²) in [5, 5.41) is 0. The third kappa shape index (κ3) is 1.54. The molecule has 1 aliphatic carbocycles. The molecule has 2 aliphatic rings. The van der Waals surface area contributed by atoms with Crippen LogP contribution in [0.15, 0.2) is 0 Å². The highest BCUT2D eigenvalue weighted by molar-refractivity contribution is 5.87. The van der Waals surface area contributed by atoms with Crippen LogP contribution in [-0.4, -0.2) is 29.9 Å². The number of hydrogen-bond donors (Lipinski definition) is 1. The number of nitrogens with zero attached hydrogens (tertiary/aromatic N) is 1. The van der Waals surface area contributed by atoms with E-state index < -0.39 is 0 Å². The first-order chi connectivity index (χ1) is 6.50. The molecule has 0 radical (unpaired) electrons. The molecule has 0 aromatic heterocycles. The summed E-state index contributed by atoms with van der Waals surface area (Å²) in [6.45, 7) is 6.33. The molecule has 1 heterocycles. The monoisotopic (exact) mass is 196 g/mol. The first-order valence-corrected chi connectivity index (χ1v) is 5.55. The van der Waals surface area contributed by atoms with Gasteiger partial charge in [0.2, 0.25) is 5.91 Å². The Labute approximate surface area is 85.6 Å². The van der Waals surface area contributed by atoms with Gasteiger partial charge in [-0.05, 0) is 24.2 Å². The standard InChI is InChI=1S/C11H20N2O/c1-11(2)5-3-4-8(11)6-13-7-9(12)10(13)14/h8-9H,3-7,12H2,1-2H3. The minimum absolute atomic E-state index is 0.146. The summed E-state index contributed by atoms with van der Waals surface area (Å²) in [7, 11) is 0. The van der Waals surface area contributed by atoms with Gasteiger partial charge in [-0.1, -0.05) is 20.3 Å². The van der Waals surface area contributed by atoms with Gasteiger partial charge in [-0.15, -0.1) is 0 Å². The van der Waals surface area contributed by atoms with Crippen molar-refractivity contribution in [3.8, 4) is 0 Å². The molecule has 1 amide bonds. The zero-order valence-corrected chi connectivity index (χ0v) is 9.12. The van der Waals surface area contributed by atoms with Gasteiger partial charge in [0.05, 0.1) is 0 Å². The lowest BCUT2D eigenvalue weighted by Gasteiger charge is -2.40. The van der Waals surface area contributed by atoms with Gasteiger partial charge in [0.1, 0.15) is 6.04 Å². The molecule has 1 saturated heterocycles. The third-order valence-corrected chi connectivity index (χ3v) is 3.97. The lowest BCUT2D eigenvalue weighted by molar-refractivity contribution is -0.143. The molecule has 0 spiro atoms. The zero-order chi connectivity index (χ0) is 10.3. The van der Waals surface area contributed by atoms with E-state index in [1.807, 2.05) is 4.90 Å². The van der Waals surface area contributed by atoms with Gasteiger partial charge in [-0.3, -0.25) is 4.79 Å². The summed E-state index contributed by atoms with van der Waals surface area (Å²) >= 11 is 0. The van der Waals surface area contributed by atoms with E-state index >= 15 is 0 Å². The van der Waals surface area contributed by atoms with Gasteiger partial charge in [0, 0.05) is 13.1 Å². The van der Waals surface area contributed by atoms with Crippen molar-refractivity contribution in [3.63, 3.8) is 0 Å². The van der Waals surface area contributed by atoms with Crippen LogP contribution >= 0.6 is 0 Å². The average molecular weight is 196 g/mol. The molecular weight excluding hydrogens is 176 g/mol. The number of β-lactam (4-membered cyclic amide) rings is 1. The lowest BCUT2D eigenvalue weighted by atomic mass is 9.81. The predicted molar refractivity (Wildman–Crippen MR) is 55.7 cm³/mol. The van der Waals surface area contributed by atoms with E-state index in [0.29, 0.717) is 11.3 Å². The second-order valence-corrected chi connectivity index (χ2v) is 5.43. The minimum atomic E-state index is -0.209. The molecule has 0 aromatic rings. The maximum Gasteiger partial charge on any atom is 0.241 e. The Morgan fingerprint density at radius 2 is 2.29 bits per heavy atom. The van der Waals surface area contributed by atoms with Crippen molar-refractivity contribution >= 4 is 5.91 Å². The molecule has 2 unspecified atom stereocenters. The summed E-state index contributed by atoms with van der Waals surface area (Å²) in [5.41, 5.74) is 5.98. The zero-order valence-electron chi connectivity index (χ0n) is 9.12. The quantitative estimate of drug-likeness (QED) is 0.669. The molecule has 2 rings (SSSR count). The van der Waals surface area contributed by atoms with Gasteiger partial charge in [-0.2, -0.15) is 0 Å². The number of carbonyl (C=O) groups excluding carboxylic acids is 1. The number of rotatable bonds is 2. The van der Waals surface area contributed by atoms with E-state index in [-0.39, 0.29) is 11.9 Å². The normalized spacial score (nSPS) is 35.9. The number of likely N-dealkylation sites (tertiary alicyclic amines) is 1. The Bertz CT molecular complexity index is 250. The molecular formula is C11H20N2O. The van der Waals surface area contributed by atoms with Crippen molar-refractivity contribution in [1.82, 2.24) is 4.90 Å². The van der Waals surface area contributed by atoms with Crippen molar-refractivity contribution in [2.75, 3.05) is 13.1 Å². The summed E-state index contributed by atoms with van der Waals surface area (Å²) in [5.74, 6) is 0.826. The summed E-state index contributed by atoms with van der Waals surface area (Å²) in [4.78, 5) is 13.3. The molecule has 2 N–H and O–H groups in total. The molecule has 0 bridgehead atoms. The predicted octanol–water partition coefficient (Wildman–Crippen LogP) is 0.982. The van der Waals surface area contributed by atoms with Crippen molar-refractivity contribution in [2.45, 2.75) is 39.2 Å². The number of amides is 1. The molecule has 0 aromatic carbocycles. The maximum atomic E-state index is 11.4. The molecule has 2 atom stereocenters. The van der Waals surface area contributed by atoms with Gasteiger partial charge in [0.15, 0.2) is 0 Å². The first kappa shape index (κ1) is 9.97. The fourth-order valence-corrected chi connectivity index (χ4v) is 2.70. The Balaban J connectivity index is 1.89. The van der Waals surface area contributed by atoms with Crippen LogP contribution in [0.25, 0.3) is 0 Å². The second-order valence-electron chi connectivity index (χ2n) is 5.43. The maximum absolute atomic E-state index is 11.4. The van der Waals surface area contributed by atoms with Crippen LogP contribution in [0.1, 0.15) is 33.1 Å². The Morgan fingerprint density at radius 3 is 2.71 bits per heavy atom. The summed E-state index contributed by atoms with van der Waals surface area (Å²) < 4.78 is 0. The molecule has 1 saturated carbocycles. The van der Waals surface area contributed by atoms with E-state index in [1.165, 1.54) is 19.3 Å². The first-order valence-electron chi connectivity index (χ1n) is 5.55. The molecule has 2 fully saturated rings. The molecule has 80 valence electrons. The summed E-state index contributed by atoms with van der Waals surface area (Å²) in [6, 6.07) is -0.209. The molecule has 1 aliphatic heterocycles. The molecule has 3 heteroatoms. The fraction of sp³-hybridized carbons (Fsp3) is 0.909. The van der Waals surface area contributed by atoms with Crippen molar-refractivity contribution in [3.05, 3.63) is 0 Å². The van der Waals surface area contributed by atoms with Gasteiger partial charge < -0.3 is 10.6 Å². The Kier molecular flexibility index (Phi) is 2.30. The highest BCUT2D eigenvalue weighted by Gasteiger charge is 2.40. The van der Waals surface area contributed by atoms with Crippen molar-refractivity contribution in [1.29, 1.82) is 0 Å². The average Bonchev–Trinajstić information content (AvgIpc) is 2.45. The van der Waals surface area contributed by atoms with Crippen molar-refractivity contribution < 1.29 is 4.79 Å². The van der Waals surface area contributed by atoms with Crippen LogP contribution < -0.4 is 5.73 Å². The third-order valence-electron chi connectivity index (χ3n) is 3.97.